The number of aliphatic hydroxyl groups is 2. The summed E-state index contributed by atoms with van der Waals surface area (Å²) in [4.78, 5) is 125. The molecule has 2 aliphatic heterocycles. The number of Topliss-reactive ketones (excluding diaryl/α,β-unsaturated/α-hetero) is 5. The minimum absolute atomic E-state index is 0.0162. The van der Waals surface area contributed by atoms with Gasteiger partial charge in [0.25, 0.3) is 0 Å². The highest BCUT2D eigenvalue weighted by Gasteiger charge is 2.25. The van der Waals surface area contributed by atoms with E-state index in [1.807, 2.05) is 0 Å². The van der Waals surface area contributed by atoms with Gasteiger partial charge in [0.15, 0.2) is 39.8 Å². The average molecular weight is 1640 g/mol. The second kappa shape index (κ2) is 46.8. The molecule has 0 spiro atoms. The van der Waals surface area contributed by atoms with Crippen LogP contribution in [0, 0.1) is 0 Å². The zero-order chi connectivity index (χ0) is 85.9. The summed E-state index contributed by atoms with van der Waals surface area (Å²) in [6, 6.07) is 32.4. The number of fused-ring (bicyclic) bond motifs is 2. The number of esters is 4. The number of aromatic hydroxyl groups is 7. The van der Waals surface area contributed by atoms with E-state index in [0.29, 0.717) is 30.1 Å². The van der Waals surface area contributed by atoms with Gasteiger partial charge in [0.05, 0.1) is 73.7 Å². The van der Waals surface area contributed by atoms with Crippen LogP contribution in [0.1, 0.15) is 135 Å². The molecule has 2 aliphatic rings. The summed E-state index contributed by atoms with van der Waals surface area (Å²) in [5.41, 5.74) is -0.0741. The summed E-state index contributed by atoms with van der Waals surface area (Å²) in [7, 11) is 0. The maximum Gasteiger partial charge on any atom is 0.417 e. The Balaban J connectivity index is 0.000000265. The van der Waals surface area contributed by atoms with Crippen LogP contribution in [0.15, 0.2) is 158 Å². The van der Waals surface area contributed by atoms with Crippen molar-refractivity contribution in [3.8, 4) is 69.0 Å². The number of alkyl halides is 1. The van der Waals surface area contributed by atoms with Crippen molar-refractivity contribution in [3.05, 3.63) is 199 Å². The van der Waals surface area contributed by atoms with Gasteiger partial charge in [0.1, 0.15) is 148 Å². The first-order valence-corrected chi connectivity index (χ1v) is 35.9. The van der Waals surface area contributed by atoms with Gasteiger partial charge in [-0.1, -0.05) is 18.2 Å². The summed E-state index contributed by atoms with van der Waals surface area (Å²) in [5, 5.41) is 85.5. The highest BCUT2D eigenvalue weighted by Crippen LogP contribution is 2.31. The molecular formula is C82H87ClO33. The van der Waals surface area contributed by atoms with Crippen LogP contribution in [-0.2, 0) is 38.0 Å². The van der Waals surface area contributed by atoms with Crippen molar-refractivity contribution in [2.24, 2.45) is 0 Å². The van der Waals surface area contributed by atoms with Gasteiger partial charge < -0.3 is 107 Å². The van der Waals surface area contributed by atoms with E-state index in [1.54, 1.807) is 45.9 Å². The number of epoxide rings is 2. The van der Waals surface area contributed by atoms with E-state index >= 15 is 0 Å². The molecule has 4 atom stereocenters. The molecule has 0 radical (unpaired) electrons. The van der Waals surface area contributed by atoms with Crippen LogP contribution < -0.4 is 34.5 Å². The molecule has 0 amide bonds. The predicted molar refractivity (Wildman–Crippen MR) is 414 cm³/mol. The molecule has 9 aromatic rings. The van der Waals surface area contributed by atoms with Crippen molar-refractivity contribution in [1.82, 2.24) is 0 Å². The zero-order valence-corrected chi connectivity index (χ0v) is 65.0. The SMILES string of the molecule is CC(=O)c1c(O)cccc1O.CC(=O)c1cc(O)ccc1O.CC(=O)c1cc(OCC(O)COc2cccc(O)c2C(C)=O)ccc1O.CC(=O)c1cc(OCC2CO2)ccc1O.CCOC(=O)C(=O)OCC.CCOC(=O)c1cc(=O)c2cc(OCC(O)COc3cccc4oc(C(=O)OCC)cc(=O)c34)ccc2o1.ClCC1CO1. The summed E-state index contributed by atoms with van der Waals surface area (Å²) in [6.07, 6.45) is -1.54. The first-order valence-electron chi connectivity index (χ1n) is 35.3. The molecule has 0 saturated carbocycles. The lowest BCUT2D eigenvalue weighted by molar-refractivity contribution is -0.167. The van der Waals surface area contributed by atoms with Crippen LogP contribution in [0.25, 0.3) is 21.9 Å². The Kier molecular flexibility index (Phi) is 37.7. The first kappa shape index (κ1) is 93.5. The Morgan fingerprint density at radius 3 is 1.25 bits per heavy atom. The summed E-state index contributed by atoms with van der Waals surface area (Å²) >= 11 is 5.27. The van der Waals surface area contributed by atoms with Crippen LogP contribution in [0.3, 0.4) is 0 Å². The largest absolute Gasteiger partial charge is 0.508 e. The van der Waals surface area contributed by atoms with Gasteiger partial charge in [0.2, 0.25) is 11.5 Å². The highest BCUT2D eigenvalue weighted by molar-refractivity contribution is 6.29. The summed E-state index contributed by atoms with van der Waals surface area (Å²) in [5.74, 6) is -3.91. The third-order valence-electron chi connectivity index (χ3n) is 15.0. The number of rotatable bonds is 27. The highest BCUT2D eigenvalue weighted by atomic mass is 35.5. The number of carbonyl (C=O) groups is 9. The van der Waals surface area contributed by atoms with Gasteiger partial charge in [-0.25, -0.2) is 19.2 Å². The predicted octanol–water partition coefficient (Wildman–Crippen LogP) is 10.1. The van der Waals surface area contributed by atoms with E-state index in [9.17, 15) is 78.3 Å². The van der Waals surface area contributed by atoms with Crippen LogP contribution in [0.2, 0.25) is 0 Å². The van der Waals surface area contributed by atoms with Gasteiger partial charge >= 0.3 is 23.9 Å². The number of halogens is 1. The summed E-state index contributed by atoms with van der Waals surface area (Å²) < 4.78 is 66.4. The Morgan fingerprint density at radius 1 is 0.414 bits per heavy atom. The lowest BCUT2D eigenvalue weighted by atomic mass is 10.1. The standard InChI is InChI=1S/C27H24O11.C19H20O7.C11H12O4.2C8H8O3.C6H10O4.C3H5ClO/c1-3-33-26(31)23-11-18(29)17-10-16(8-9-20(17)37-23)35-13-15(28)14-36-21-6-5-7-22-25(21)19(30)12-24(38-22)27(32)34-4-2;1-11(20)15-8-14(6-7-16(15)23)25-9-13(22)10-26-18-5-3-4-17(24)19(18)12(2)21;1-7(12)10-4-8(2-3-11(10)13)14-5-9-6-15-9;1-5(9)7-4-6(10)2-3-8(7)11;1-5(9)8-6(10)3-2-4-7(8)11;1-3-9-5(7)6(8)10-4-2;4-1-3-2-5-3/h5-12,15,28H,3-4,13-14H2,1-2H3;3-8,13,22-24H,9-10H2,1-2H3;2-4,9,13H,5-6H2,1H3;2*2-4,10-11H,1H3;3-4H2,1-2H3;3H,1-2H2. The zero-order valence-electron chi connectivity index (χ0n) is 64.3. The molecular weight excluding hydrogens is 1550 g/mol. The molecule has 0 aliphatic carbocycles. The molecule has 11 rings (SSSR count). The third-order valence-corrected chi connectivity index (χ3v) is 15.4. The second-order valence-electron chi connectivity index (χ2n) is 24.2. The Labute approximate surface area is 667 Å². The van der Waals surface area contributed by atoms with Crippen molar-refractivity contribution < 1.29 is 150 Å². The number of ether oxygens (including phenoxy) is 11. The van der Waals surface area contributed by atoms with Gasteiger partial charge in [0, 0.05) is 12.1 Å². The molecule has 7 aromatic carbocycles. The minimum atomic E-state index is -1.10. The maximum absolute atomic E-state index is 12.6. The van der Waals surface area contributed by atoms with Crippen molar-refractivity contribution in [3.63, 3.8) is 0 Å². The minimum Gasteiger partial charge on any atom is -0.508 e. The number of ketones is 5. The topological polar surface area (TPSA) is 504 Å². The Hall–Kier alpha value is -13.1. The quantitative estimate of drug-likeness (QED) is 0.00439. The molecule has 9 N–H and O–H groups in total. The molecule has 33 nitrogen and oxygen atoms in total. The normalized spacial score (nSPS) is 12.9. The number of aliphatic hydroxyl groups excluding tert-OH is 2. The number of hydrogen-bond donors (Lipinski definition) is 9. The molecule has 0 bridgehead atoms. The number of phenols is 7. The molecule has 116 heavy (non-hydrogen) atoms. The maximum atomic E-state index is 12.6. The fraction of sp³-hybridized carbons (Fsp3) is 0.305. The van der Waals surface area contributed by atoms with Crippen LogP contribution in [0.5, 0.6) is 69.0 Å². The number of phenolic OH excluding ortho intramolecular Hbond substituents is 7. The van der Waals surface area contributed by atoms with E-state index in [0.717, 1.165) is 25.3 Å². The smallest absolute Gasteiger partial charge is 0.417 e. The Morgan fingerprint density at radius 2 is 0.810 bits per heavy atom. The molecule has 4 unspecified atom stereocenters. The lowest BCUT2D eigenvalue weighted by Gasteiger charge is -2.16. The number of hydrogen-bond acceptors (Lipinski definition) is 33. The van der Waals surface area contributed by atoms with E-state index in [2.05, 4.69) is 9.47 Å². The van der Waals surface area contributed by atoms with E-state index in [4.69, 9.17) is 83.5 Å². The number of carbonyl (C=O) groups excluding carboxylic acids is 9. The monoisotopic (exact) mass is 1630 g/mol. The van der Waals surface area contributed by atoms with Crippen LogP contribution in [0.4, 0.5) is 0 Å². The molecule has 2 aromatic heterocycles. The van der Waals surface area contributed by atoms with Crippen molar-refractivity contribution in [2.45, 2.75) is 86.7 Å². The number of benzene rings is 7. The fourth-order valence-corrected chi connectivity index (χ4v) is 9.51. The lowest BCUT2D eigenvalue weighted by Crippen LogP contribution is -2.25. The van der Waals surface area contributed by atoms with Crippen molar-refractivity contribution >= 4 is 86.3 Å². The molecule has 2 saturated heterocycles. The molecule has 34 heteroatoms. The Bertz CT molecular complexity index is 4980. The average Bonchev–Trinajstić information content (AvgIpc) is 1.16. The van der Waals surface area contributed by atoms with E-state index in [-0.39, 0.29) is 207 Å². The first-order chi connectivity index (χ1) is 55.1. The molecule has 620 valence electrons. The van der Waals surface area contributed by atoms with Gasteiger partial charge in [-0.15, -0.1) is 11.6 Å². The molecule has 2 fully saturated rings. The van der Waals surface area contributed by atoms with Gasteiger partial charge in [-0.05, 0) is 172 Å². The van der Waals surface area contributed by atoms with E-state index < -0.39 is 46.9 Å². The summed E-state index contributed by atoms with van der Waals surface area (Å²) in [6.45, 7) is 15.2. The second-order valence-corrected chi connectivity index (χ2v) is 24.5. The van der Waals surface area contributed by atoms with E-state index in [1.165, 1.54) is 144 Å². The third kappa shape index (κ3) is 30.4. The molecule has 4 heterocycles. The van der Waals surface area contributed by atoms with Crippen LogP contribution in [-0.4, -0.2) is 202 Å². The van der Waals surface area contributed by atoms with Crippen molar-refractivity contribution in [2.75, 3.05) is 78.6 Å². The van der Waals surface area contributed by atoms with Crippen LogP contribution >= 0.6 is 11.6 Å². The van der Waals surface area contributed by atoms with Gasteiger partial charge in [-0.3, -0.25) is 33.6 Å². The van der Waals surface area contributed by atoms with Crippen molar-refractivity contribution in [1.29, 1.82) is 0 Å². The van der Waals surface area contributed by atoms with Gasteiger partial charge in [-0.2, -0.15) is 0 Å². The fourth-order valence-electron chi connectivity index (χ4n) is 9.34.